The molecule has 2 heterocycles. The van der Waals surface area contributed by atoms with Crippen molar-refractivity contribution in [2.75, 3.05) is 40.3 Å². The van der Waals surface area contributed by atoms with Crippen LogP contribution < -0.4 is 5.32 Å². The number of hydrogen-bond donors (Lipinski definition) is 1. The van der Waals surface area contributed by atoms with Crippen molar-refractivity contribution >= 4 is 0 Å². The molecule has 18 heavy (non-hydrogen) atoms. The monoisotopic (exact) mass is 253 g/mol. The molecule has 2 aliphatic heterocycles. The highest BCUT2D eigenvalue weighted by molar-refractivity contribution is 4.98. The van der Waals surface area contributed by atoms with Crippen molar-refractivity contribution in [2.24, 2.45) is 5.92 Å². The van der Waals surface area contributed by atoms with Crippen LogP contribution >= 0.6 is 0 Å². The van der Waals surface area contributed by atoms with Gasteiger partial charge in [0.15, 0.2) is 0 Å². The normalized spacial score (nSPS) is 37.8. The van der Waals surface area contributed by atoms with Gasteiger partial charge < -0.3 is 10.2 Å². The van der Waals surface area contributed by atoms with Gasteiger partial charge in [0.2, 0.25) is 0 Å². The smallest absolute Gasteiger partial charge is 0.0309 e. The first-order chi connectivity index (χ1) is 8.56. The Balaban J connectivity index is 1.93. The molecule has 0 spiro atoms. The lowest BCUT2D eigenvalue weighted by atomic mass is 9.91. The van der Waals surface area contributed by atoms with Gasteiger partial charge in [-0.2, -0.15) is 0 Å². The van der Waals surface area contributed by atoms with Gasteiger partial charge in [-0.3, -0.25) is 4.90 Å². The summed E-state index contributed by atoms with van der Waals surface area (Å²) in [5.41, 5.74) is 0.426. The molecule has 2 aliphatic rings. The lowest BCUT2D eigenvalue weighted by Crippen LogP contribution is -2.49. The van der Waals surface area contributed by atoms with E-state index in [2.05, 4.69) is 43.1 Å². The maximum Gasteiger partial charge on any atom is 0.0309 e. The summed E-state index contributed by atoms with van der Waals surface area (Å²) in [5, 5.41) is 3.80. The summed E-state index contributed by atoms with van der Waals surface area (Å²) in [6, 6.07) is 0.741. The summed E-state index contributed by atoms with van der Waals surface area (Å²) < 4.78 is 0. The Labute approximate surface area is 113 Å². The number of likely N-dealkylation sites (tertiary alicyclic amines) is 1. The molecular formula is C15H31N3. The Kier molecular flexibility index (Phi) is 4.68. The highest BCUT2D eigenvalue weighted by Gasteiger charge is 2.38. The first kappa shape index (κ1) is 14.3. The molecule has 1 N–H and O–H groups in total. The first-order valence-electron chi connectivity index (χ1n) is 7.70. The van der Waals surface area contributed by atoms with E-state index in [9.17, 15) is 0 Å². The molecule has 3 atom stereocenters. The standard InChI is InChI=1S/C15H31N3/c1-5-7-15(8-6-9-16-15)12-18-10-13(2)14(11-18)17(3)4/h13-14,16H,5-12H2,1-4H3. The molecule has 0 aliphatic carbocycles. The van der Waals surface area contributed by atoms with Gasteiger partial charge in [0.25, 0.3) is 0 Å². The third-order valence-corrected chi connectivity index (χ3v) is 4.90. The van der Waals surface area contributed by atoms with Crippen molar-refractivity contribution in [3.05, 3.63) is 0 Å². The zero-order chi connectivity index (χ0) is 13.2. The third-order valence-electron chi connectivity index (χ3n) is 4.90. The topological polar surface area (TPSA) is 18.5 Å². The van der Waals surface area contributed by atoms with Gasteiger partial charge in [-0.05, 0) is 45.8 Å². The molecule has 2 saturated heterocycles. The van der Waals surface area contributed by atoms with Gasteiger partial charge in [0, 0.05) is 31.2 Å². The van der Waals surface area contributed by atoms with Gasteiger partial charge in [0.1, 0.15) is 0 Å². The average molecular weight is 253 g/mol. The lowest BCUT2D eigenvalue weighted by molar-refractivity contribution is 0.198. The summed E-state index contributed by atoms with van der Waals surface area (Å²) in [6.45, 7) is 9.73. The predicted molar refractivity (Wildman–Crippen MR) is 78.0 cm³/mol. The van der Waals surface area contributed by atoms with Crippen molar-refractivity contribution in [3.63, 3.8) is 0 Å². The first-order valence-corrected chi connectivity index (χ1v) is 7.70. The number of hydrogen-bond acceptors (Lipinski definition) is 3. The van der Waals surface area contributed by atoms with Crippen LogP contribution in [0.2, 0.25) is 0 Å². The molecule has 3 unspecified atom stereocenters. The minimum Gasteiger partial charge on any atom is -0.310 e. The van der Waals surface area contributed by atoms with Gasteiger partial charge in [0.05, 0.1) is 0 Å². The Morgan fingerprint density at radius 3 is 2.61 bits per heavy atom. The molecule has 0 bridgehead atoms. The minimum absolute atomic E-state index is 0.426. The summed E-state index contributed by atoms with van der Waals surface area (Å²) >= 11 is 0. The van der Waals surface area contributed by atoms with Crippen LogP contribution in [0.1, 0.15) is 39.5 Å². The van der Waals surface area contributed by atoms with Crippen molar-refractivity contribution in [3.8, 4) is 0 Å². The van der Waals surface area contributed by atoms with Crippen LogP contribution in [0.4, 0.5) is 0 Å². The van der Waals surface area contributed by atoms with Gasteiger partial charge in [-0.25, -0.2) is 0 Å². The summed E-state index contributed by atoms with van der Waals surface area (Å²) in [6.07, 6.45) is 5.37. The fourth-order valence-electron chi connectivity index (χ4n) is 4.05. The van der Waals surface area contributed by atoms with E-state index in [0.717, 1.165) is 12.0 Å². The molecule has 0 radical (unpaired) electrons. The summed E-state index contributed by atoms with van der Waals surface area (Å²) in [4.78, 5) is 5.10. The third kappa shape index (κ3) is 3.06. The zero-order valence-electron chi connectivity index (χ0n) is 12.7. The Morgan fingerprint density at radius 1 is 1.33 bits per heavy atom. The molecule has 0 saturated carbocycles. The summed E-state index contributed by atoms with van der Waals surface area (Å²) in [5.74, 6) is 0.806. The van der Waals surface area contributed by atoms with Crippen LogP contribution in [-0.4, -0.2) is 61.7 Å². The van der Waals surface area contributed by atoms with Crippen LogP contribution in [-0.2, 0) is 0 Å². The molecule has 0 aromatic heterocycles. The van der Waals surface area contributed by atoms with Gasteiger partial charge in [-0.1, -0.05) is 20.3 Å². The van der Waals surface area contributed by atoms with Gasteiger partial charge in [-0.15, -0.1) is 0 Å². The second-order valence-corrected chi connectivity index (χ2v) is 6.76. The van der Waals surface area contributed by atoms with Crippen molar-refractivity contribution < 1.29 is 0 Å². The second kappa shape index (κ2) is 5.89. The molecule has 106 valence electrons. The highest BCUT2D eigenvalue weighted by atomic mass is 15.3. The van der Waals surface area contributed by atoms with E-state index in [0.29, 0.717) is 5.54 Å². The molecule has 0 amide bonds. The van der Waals surface area contributed by atoms with Crippen LogP contribution in [0, 0.1) is 5.92 Å². The van der Waals surface area contributed by atoms with Gasteiger partial charge >= 0.3 is 0 Å². The van der Waals surface area contributed by atoms with Crippen LogP contribution in [0.25, 0.3) is 0 Å². The van der Waals surface area contributed by atoms with E-state index in [-0.39, 0.29) is 0 Å². The van der Waals surface area contributed by atoms with E-state index in [1.54, 1.807) is 0 Å². The lowest BCUT2D eigenvalue weighted by Gasteiger charge is -2.34. The number of likely N-dealkylation sites (N-methyl/N-ethyl adjacent to an activating group) is 1. The van der Waals surface area contributed by atoms with Crippen LogP contribution in [0.5, 0.6) is 0 Å². The molecule has 2 fully saturated rings. The summed E-state index contributed by atoms with van der Waals surface area (Å²) in [7, 11) is 4.45. The second-order valence-electron chi connectivity index (χ2n) is 6.76. The number of nitrogens with one attached hydrogen (secondary N) is 1. The van der Waals surface area contributed by atoms with E-state index in [4.69, 9.17) is 0 Å². The number of rotatable bonds is 5. The SMILES string of the molecule is CCCC1(CN2CC(C)C(N(C)C)C2)CCCN1. The molecular weight excluding hydrogens is 222 g/mol. The fourth-order valence-corrected chi connectivity index (χ4v) is 4.05. The minimum atomic E-state index is 0.426. The fraction of sp³-hybridized carbons (Fsp3) is 1.00. The molecule has 3 heteroatoms. The van der Waals surface area contributed by atoms with E-state index < -0.39 is 0 Å². The molecule has 3 nitrogen and oxygen atoms in total. The van der Waals surface area contributed by atoms with Crippen LogP contribution in [0.15, 0.2) is 0 Å². The molecule has 2 rings (SSSR count). The van der Waals surface area contributed by atoms with E-state index in [1.165, 1.54) is 51.9 Å². The highest BCUT2D eigenvalue weighted by Crippen LogP contribution is 2.29. The molecule has 0 aromatic carbocycles. The Bertz CT molecular complexity index is 258. The van der Waals surface area contributed by atoms with E-state index in [1.807, 2.05) is 0 Å². The Hall–Kier alpha value is -0.120. The van der Waals surface area contributed by atoms with Crippen molar-refractivity contribution in [1.29, 1.82) is 0 Å². The average Bonchev–Trinajstić information content (AvgIpc) is 2.87. The van der Waals surface area contributed by atoms with E-state index >= 15 is 0 Å². The molecule has 0 aromatic rings. The van der Waals surface area contributed by atoms with Crippen LogP contribution in [0.3, 0.4) is 0 Å². The quantitative estimate of drug-likeness (QED) is 0.806. The maximum absolute atomic E-state index is 3.80. The predicted octanol–water partition coefficient (Wildman–Crippen LogP) is 1.79. The Morgan fingerprint density at radius 2 is 2.11 bits per heavy atom. The van der Waals surface area contributed by atoms with Crippen molar-refractivity contribution in [2.45, 2.75) is 51.1 Å². The number of nitrogens with zero attached hydrogens (tertiary/aromatic N) is 2. The largest absolute Gasteiger partial charge is 0.310 e. The van der Waals surface area contributed by atoms with Crippen molar-refractivity contribution in [1.82, 2.24) is 15.1 Å². The zero-order valence-corrected chi connectivity index (χ0v) is 12.7. The maximum atomic E-state index is 3.80.